The molecule has 1 aromatic carbocycles. The van der Waals surface area contributed by atoms with Gasteiger partial charge in [-0.1, -0.05) is 26.0 Å². The molecule has 0 radical (unpaired) electrons. The first-order chi connectivity index (χ1) is 12.5. The minimum Gasteiger partial charge on any atom is -0.393 e. The second-order valence-corrected chi connectivity index (χ2v) is 8.25. The van der Waals surface area contributed by atoms with Crippen LogP contribution in [0.2, 0.25) is 0 Å². The van der Waals surface area contributed by atoms with Crippen molar-refractivity contribution in [2.24, 2.45) is 5.92 Å². The Balaban J connectivity index is 1.65. The van der Waals surface area contributed by atoms with Gasteiger partial charge in [0.1, 0.15) is 0 Å². The van der Waals surface area contributed by atoms with Crippen molar-refractivity contribution in [3.05, 3.63) is 35.5 Å². The third-order valence-electron chi connectivity index (χ3n) is 5.80. The summed E-state index contributed by atoms with van der Waals surface area (Å²) in [5.41, 5.74) is 3.68. The minimum absolute atomic E-state index is 0.174. The Labute approximate surface area is 154 Å². The number of aliphatic hydroxyl groups is 1. The average molecular weight is 355 g/mol. The van der Waals surface area contributed by atoms with Crippen LogP contribution in [0.5, 0.6) is 0 Å². The highest BCUT2D eigenvalue weighted by molar-refractivity contribution is 5.90. The standard InChI is InChI=1S/C21H29N3O2/c1-13(2)10-18-16-4-3-5-17-20(16)14(12-22-17)11-19(23-18)21(26)24-8-6-15(25)7-9-24/h3-5,12-13,15,18-19,22-23,25H,6-11H2,1-2H3/t18-,19-/m0/s1. The first-order valence-corrected chi connectivity index (χ1v) is 9.84. The molecule has 1 fully saturated rings. The van der Waals surface area contributed by atoms with Crippen molar-refractivity contribution in [2.45, 2.75) is 57.7 Å². The molecule has 0 spiro atoms. The molecule has 5 heteroatoms. The number of amides is 1. The zero-order chi connectivity index (χ0) is 18.3. The first kappa shape index (κ1) is 17.6. The van der Waals surface area contributed by atoms with E-state index in [1.54, 1.807) is 0 Å². The number of hydrogen-bond acceptors (Lipinski definition) is 3. The van der Waals surface area contributed by atoms with Crippen molar-refractivity contribution in [1.29, 1.82) is 0 Å². The molecule has 26 heavy (non-hydrogen) atoms. The number of aromatic amines is 1. The molecule has 140 valence electrons. The van der Waals surface area contributed by atoms with Crippen LogP contribution in [0.15, 0.2) is 24.4 Å². The van der Waals surface area contributed by atoms with E-state index in [9.17, 15) is 9.90 Å². The number of carbonyl (C=O) groups excluding carboxylic acids is 1. The van der Waals surface area contributed by atoms with E-state index in [0.29, 0.717) is 38.3 Å². The fraction of sp³-hybridized carbons (Fsp3) is 0.571. The van der Waals surface area contributed by atoms with Gasteiger partial charge in [-0.25, -0.2) is 0 Å². The number of piperidine rings is 1. The number of aromatic nitrogens is 1. The van der Waals surface area contributed by atoms with Crippen molar-refractivity contribution < 1.29 is 9.90 Å². The van der Waals surface area contributed by atoms with E-state index in [1.807, 2.05) is 4.90 Å². The van der Waals surface area contributed by atoms with Gasteiger partial charge in [-0.2, -0.15) is 0 Å². The van der Waals surface area contributed by atoms with Crippen molar-refractivity contribution in [1.82, 2.24) is 15.2 Å². The number of H-pyrrole nitrogens is 1. The topological polar surface area (TPSA) is 68.4 Å². The Hall–Kier alpha value is -1.85. The van der Waals surface area contributed by atoms with Crippen LogP contribution in [0.4, 0.5) is 0 Å². The van der Waals surface area contributed by atoms with Crippen LogP contribution < -0.4 is 5.32 Å². The predicted octanol–water partition coefficient (Wildman–Crippen LogP) is 2.75. The third kappa shape index (κ3) is 3.26. The van der Waals surface area contributed by atoms with Gasteiger partial charge in [0, 0.05) is 36.2 Å². The van der Waals surface area contributed by atoms with Crippen molar-refractivity contribution in [3.8, 4) is 0 Å². The summed E-state index contributed by atoms with van der Waals surface area (Å²) in [6, 6.07) is 6.38. The molecule has 2 aliphatic heterocycles. The van der Waals surface area contributed by atoms with Crippen LogP contribution in [-0.4, -0.2) is 46.1 Å². The lowest BCUT2D eigenvalue weighted by Gasteiger charge is -2.33. The Morgan fingerprint density at radius 1 is 1.31 bits per heavy atom. The van der Waals surface area contributed by atoms with Gasteiger partial charge in [-0.3, -0.25) is 10.1 Å². The van der Waals surface area contributed by atoms with E-state index in [2.05, 4.69) is 48.5 Å². The Morgan fingerprint density at radius 2 is 2.08 bits per heavy atom. The van der Waals surface area contributed by atoms with Gasteiger partial charge >= 0.3 is 0 Å². The monoisotopic (exact) mass is 355 g/mol. The summed E-state index contributed by atoms with van der Waals surface area (Å²) in [5, 5.41) is 14.7. The molecule has 0 unspecified atom stereocenters. The van der Waals surface area contributed by atoms with Gasteiger partial charge < -0.3 is 15.0 Å². The van der Waals surface area contributed by atoms with Crippen molar-refractivity contribution in [2.75, 3.05) is 13.1 Å². The highest BCUT2D eigenvalue weighted by atomic mass is 16.3. The molecule has 3 heterocycles. The molecule has 0 saturated carbocycles. The summed E-state index contributed by atoms with van der Waals surface area (Å²) in [6.45, 7) is 5.77. The van der Waals surface area contributed by atoms with E-state index in [-0.39, 0.29) is 24.1 Å². The summed E-state index contributed by atoms with van der Waals surface area (Å²) in [5.74, 6) is 0.719. The second kappa shape index (κ2) is 7.05. The number of likely N-dealkylation sites (tertiary alicyclic amines) is 1. The van der Waals surface area contributed by atoms with Gasteiger partial charge in [0.2, 0.25) is 5.91 Å². The molecule has 0 bridgehead atoms. The summed E-state index contributed by atoms with van der Waals surface area (Å²) < 4.78 is 0. The molecule has 2 aliphatic rings. The Morgan fingerprint density at radius 3 is 2.81 bits per heavy atom. The molecule has 3 N–H and O–H groups in total. The third-order valence-corrected chi connectivity index (χ3v) is 5.80. The van der Waals surface area contributed by atoms with Crippen LogP contribution in [0.25, 0.3) is 10.9 Å². The van der Waals surface area contributed by atoms with Crippen molar-refractivity contribution >= 4 is 16.8 Å². The zero-order valence-electron chi connectivity index (χ0n) is 15.7. The van der Waals surface area contributed by atoms with E-state index >= 15 is 0 Å². The fourth-order valence-corrected chi connectivity index (χ4v) is 4.48. The molecule has 2 atom stereocenters. The molecule has 1 amide bonds. The molecular formula is C21H29N3O2. The summed E-state index contributed by atoms with van der Waals surface area (Å²) >= 11 is 0. The lowest BCUT2D eigenvalue weighted by molar-refractivity contribution is -0.135. The maximum atomic E-state index is 13.2. The van der Waals surface area contributed by atoms with Gasteiger partial charge in [-0.15, -0.1) is 0 Å². The van der Waals surface area contributed by atoms with Gasteiger partial charge in [-0.05, 0) is 48.8 Å². The SMILES string of the molecule is CC(C)C[C@@H]1N[C@H](C(=O)N2CCC(O)CC2)Cc2c[nH]c3cccc1c23. The molecular weight excluding hydrogens is 326 g/mol. The highest BCUT2D eigenvalue weighted by Crippen LogP contribution is 2.34. The molecule has 1 saturated heterocycles. The Bertz CT molecular complexity index is 790. The number of rotatable bonds is 3. The van der Waals surface area contributed by atoms with Gasteiger partial charge in [0.05, 0.1) is 12.1 Å². The van der Waals surface area contributed by atoms with Gasteiger partial charge in [0.25, 0.3) is 0 Å². The average Bonchev–Trinajstić information content (AvgIpc) is 2.96. The number of carbonyl (C=O) groups is 1. The van der Waals surface area contributed by atoms with Gasteiger partial charge in [0.15, 0.2) is 0 Å². The number of hydrogen-bond donors (Lipinski definition) is 3. The predicted molar refractivity (Wildman–Crippen MR) is 103 cm³/mol. The molecule has 0 aliphatic carbocycles. The van der Waals surface area contributed by atoms with E-state index < -0.39 is 0 Å². The first-order valence-electron chi connectivity index (χ1n) is 9.84. The smallest absolute Gasteiger partial charge is 0.240 e. The minimum atomic E-state index is -0.261. The number of nitrogens with zero attached hydrogens (tertiary/aromatic N) is 1. The van der Waals surface area contributed by atoms with E-state index in [4.69, 9.17) is 0 Å². The lowest BCUT2D eigenvalue weighted by Crippen LogP contribution is -2.51. The normalized spacial score (nSPS) is 24.2. The zero-order valence-corrected chi connectivity index (χ0v) is 15.7. The van der Waals surface area contributed by atoms with Crippen LogP contribution in [0.1, 0.15) is 50.3 Å². The lowest BCUT2D eigenvalue weighted by atomic mass is 9.94. The van der Waals surface area contributed by atoms with Crippen LogP contribution >= 0.6 is 0 Å². The molecule has 2 aromatic rings. The number of nitrogens with one attached hydrogen (secondary N) is 2. The Kier molecular flexibility index (Phi) is 4.76. The van der Waals surface area contributed by atoms with E-state index in [1.165, 1.54) is 16.5 Å². The molecule has 1 aromatic heterocycles. The van der Waals surface area contributed by atoms with Crippen LogP contribution in [-0.2, 0) is 11.2 Å². The molecule has 4 rings (SSSR count). The van der Waals surface area contributed by atoms with Crippen LogP contribution in [0.3, 0.4) is 0 Å². The van der Waals surface area contributed by atoms with E-state index in [0.717, 1.165) is 11.9 Å². The maximum absolute atomic E-state index is 13.2. The number of aliphatic hydroxyl groups excluding tert-OH is 1. The highest BCUT2D eigenvalue weighted by Gasteiger charge is 2.33. The second-order valence-electron chi connectivity index (χ2n) is 8.25. The summed E-state index contributed by atoms with van der Waals surface area (Å²) in [6.07, 6.45) is 4.89. The largest absolute Gasteiger partial charge is 0.393 e. The summed E-state index contributed by atoms with van der Waals surface area (Å²) in [4.78, 5) is 18.5. The summed E-state index contributed by atoms with van der Waals surface area (Å²) in [7, 11) is 0. The number of benzene rings is 1. The quantitative estimate of drug-likeness (QED) is 0.793. The van der Waals surface area contributed by atoms with Crippen molar-refractivity contribution in [3.63, 3.8) is 0 Å². The molecule has 5 nitrogen and oxygen atoms in total. The maximum Gasteiger partial charge on any atom is 0.240 e. The fourth-order valence-electron chi connectivity index (χ4n) is 4.48. The van der Waals surface area contributed by atoms with Crippen LogP contribution in [0, 0.1) is 5.92 Å².